The Labute approximate surface area is 175 Å². The highest BCUT2D eigenvalue weighted by Gasteiger charge is 2.27. The third kappa shape index (κ3) is 4.62. The SMILES string of the molecule is Cc1ccnc(Nc2cc(C3CCCN(C(=O)c4ccc(F)cc4)C3)nc(C)n2)c1. The molecule has 2 aromatic heterocycles. The molecule has 0 spiro atoms. The highest BCUT2D eigenvalue weighted by atomic mass is 19.1. The summed E-state index contributed by atoms with van der Waals surface area (Å²) in [5.74, 6) is 1.80. The van der Waals surface area contributed by atoms with Gasteiger partial charge in [-0.1, -0.05) is 0 Å². The first kappa shape index (κ1) is 19.9. The molecule has 30 heavy (non-hydrogen) atoms. The molecule has 1 aromatic carbocycles. The smallest absolute Gasteiger partial charge is 0.253 e. The predicted molar refractivity (Wildman–Crippen MR) is 113 cm³/mol. The van der Waals surface area contributed by atoms with Gasteiger partial charge in [-0.2, -0.15) is 0 Å². The highest BCUT2D eigenvalue weighted by Crippen LogP contribution is 2.28. The van der Waals surface area contributed by atoms with Crippen molar-refractivity contribution in [1.82, 2.24) is 19.9 Å². The van der Waals surface area contributed by atoms with E-state index in [-0.39, 0.29) is 17.6 Å². The Morgan fingerprint density at radius 1 is 1.10 bits per heavy atom. The van der Waals surface area contributed by atoms with Gasteiger partial charge >= 0.3 is 0 Å². The Kier molecular flexibility index (Phi) is 5.70. The monoisotopic (exact) mass is 405 g/mol. The van der Waals surface area contributed by atoms with Crippen LogP contribution in [0.3, 0.4) is 0 Å². The molecule has 0 bridgehead atoms. The van der Waals surface area contributed by atoms with Crippen molar-refractivity contribution in [1.29, 1.82) is 0 Å². The van der Waals surface area contributed by atoms with Crippen molar-refractivity contribution in [2.45, 2.75) is 32.6 Å². The van der Waals surface area contributed by atoms with E-state index in [2.05, 4.69) is 20.3 Å². The quantitative estimate of drug-likeness (QED) is 0.697. The van der Waals surface area contributed by atoms with Crippen molar-refractivity contribution in [3.8, 4) is 0 Å². The molecule has 1 saturated heterocycles. The molecular weight excluding hydrogens is 381 g/mol. The van der Waals surface area contributed by atoms with Gasteiger partial charge in [-0.05, 0) is 68.7 Å². The minimum absolute atomic E-state index is 0.0761. The first-order chi connectivity index (χ1) is 14.5. The van der Waals surface area contributed by atoms with E-state index in [9.17, 15) is 9.18 Å². The molecule has 3 heterocycles. The van der Waals surface area contributed by atoms with Crippen LogP contribution < -0.4 is 5.32 Å². The fraction of sp³-hybridized carbons (Fsp3) is 0.304. The van der Waals surface area contributed by atoms with Crippen molar-refractivity contribution in [3.63, 3.8) is 0 Å². The van der Waals surface area contributed by atoms with Gasteiger partial charge in [0.1, 0.15) is 23.3 Å². The van der Waals surface area contributed by atoms with Crippen LogP contribution in [0.4, 0.5) is 16.0 Å². The maximum Gasteiger partial charge on any atom is 0.253 e. The number of aryl methyl sites for hydroxylation is 2. The Morgan fingerprint density at radius 3 is 2.67 bits per heavy atom. The van der Waals surface area contributed by atoms with E-state index in [4.69, 9.17) is 0 Å². The molecule has 1 aliphatic heterocycles. The van der Waals surface area contributed by atoms with Crippen LogP contribution in [0.25, 0.3) is 0 Å². The Morgan fingerprint density at radius 2 is 1.90 bits per heavy atom. The first-order valence-electron chi connectivity index (χ1n) is 10.1. The summed E-state index contributed by atoms with van der Waals surface area (Å²) in [4.78, 5) is 28.1. The molecule has 154 valence electrons. The zero-order valence-electron chi connectivity index (χ0n) is 17.1. The van der Waals surface area contributed by atoms with Crippen LogP contribution in [0.15, 0.2) is 48.7 Å². The van der Waals surface area contributed by atoms with Crippen LogP contribution in [-0.2, 0) is 0 Å². The van der Waals surface area contributed by atoms with Gasteiger partial charge in [0.2, 0.25) is 0 Å². The van der Waals surface area contributed by atoms with Crippen LogP contribution in [0, 0.1) is 19.7 Å². The summed E-state index contributed by atoms with van der Waals surface area (Å²) >= 11 is 0. The zero-order valence-corrected chi connectivity index (χ0v) is 17.1. The van der Waals surface area contributed by atoms with Gasteiger partial charge < -0.3 is 10.2 Å². The third-order valence-electron chi connectivity index (χ3n) is 5.25. The number of anilines is 2. The fourth-order valence-electron chi connectivity index (χ4n) is 3.78. The summed E-state index contributed by atoms with van der Waals surface area (Å²) < 4.78 is 13.2. The minimum atomic E-state index is -0.345. The Bertz CT molecular complexity index is 1050. The number of nitrogens with zero attached hydrogens (tertiary/aromatic N) is 4. The van der Waals surface area contributed by atoms with Crippen molar-refractivity contribution < 1.29 is 9.18 Å². The largest absolute Gasteiger partial charge is 0.338 e. The van der Waals surface area contributed by atoms with Crippen molar-refractivity contribution in [2.75, 3.05) is 18.4 Å². The van der Waals surface area contributed by atoms with Gasteiger partial charge in [-0.25, -0.2) is 19.3 Å². The van der Waals surface area contributed by atoms with Gasteiger partial charge in [-0.3, -0.25) is 4.79 Å². The van der Waals surface area contributed by atoms with Gasteiger partial charge in [-0.15, -0.1) is 0 Å². The number of likely N-dealkylation sites (tertiary alicyclic amines) is 1. The number of benzene rings is 1. The molecule has 0 radical (unpaired) electrons. The summed E-state index contributed by atoms with van der Waals surface area (Å²) in [7, 11) is 0. The number of carbonyl (C=O) groups excluding carboxylic acids is 1. The maximum absolute atomic E-state index is 13.2. The second-order valence-electron chi connectivity index (χ2n) is 7.67. The summed E-state index contributed by atoms with van der Waals surface area (Å²) in [6.45, 7) is 5.14. The van der Waals surface area contributed by atoms with Crippen LogP contribution >= 0.6 is 0 Å². The number of hydrogen-bond donors (Lipinski definition) is 1. The first-order valence-corrected chi connectivity index (χ1v) is 10.1. The molecule has 6 nitrogen and oxygen atoms in total. The minimum Gasteiger partial charge on any atom is -0.338 e. The van der Waals surface area contributed by atoms with Crippen LogP contribution in [-0.4, -0.2) is 38.8 Å². The van der Waals surface area contributed by atoms with E-state index in [1.54, 1.807) is 6.20 Å². The zero-order chi connectivity index (χ0) is 21.1. The normalized spacial score (nSPS) is 16.4. The number of piperidine rings is 1. The van der Waals surface area contributed by atoms with E-state index in [0.717, 1.165) is 29.9 Å². The molecule has 1 amide bonds. The van der Waals surface area contributed by atoms with Crippen molar-refractivity contribution in [3.05, 3.63) is 77.1 Å². The average molecular weight is 405 g/mol. The lowest BCUT2D eigenvalue weighted by atomic mass is 9.94. The molecule has 4 rings (SSSR count). The number of rotatable bonds is 4. The van der Waals surface area contributed by atoms with E-state index in [1.165, 1.54) is 24.3 Å². The lowest BCUT2D eigenvalue weighted by Crippen LogP contribution is -2.39. The van der Waals surface area contributed by atoms with Crippen LogP contribution in [0.5, 0.6) is 0 Å². The van der Waals surface area contributed by atoms with Gasteiger partial charge in [0.05, 0.1) is 5.69 Å². The van der Waals surface area contributed by atoms with Gasteiger partial charge in [0.25, 0.3) is 5.91 Å². The van der Waals surface area contributed by atoms with E-state index in [1.807, 2.05) is 36.9 Å². The van der Waals surface area contributed by atoms with Crippen molar-refractivity contribution >= 4 is 17.5 Å². The number of carbonyl (C=O) groups is 1. The Hall–Kier alpha value is -3.35. The molecule has 1 fully saturated rings. The number of halogens is 1. The molecule has 0 aliphatic carbocycles. The molecule has 1 unspecified atom stereocenters. The summed E-state index contributed by atoms with van der Waals surface area (Å²) in [6, 6.07) is 11.5. The average Bonchev–Trinajstić information content (AvgIpc) is 2.73. The van der Waals surface area contributed by atoms with E-state index < -0.39 is 0 Å². The fourth-order valence-corrected chi connectivity index (χ4v) is 3.78. The third-order valence-corrected chi connectivity index (χ3v) is 5.25. The standard InChI is InChI=1S/C23H24FN5O/c1-15-9-10-25-21(12-15)28-22-13-20(26-16(2)27-22)18-4-3-11-29(14-18)23(30)17-5-7-19(24)8-6-17/h5-10,12-13,18H,3-4,11,14H2,1-2H3,(H,25,26,27,28). The molecule has 0 saturated carbocycles. The lowest BCUT2D eigenvalue weighted by Gasteiger charge is -2.32. The summed E-state index contributed by atoms with van der Waals surface area (Å²) in [5.41, 5.74) is 2.53. The number of nitrogens with one attached hydrogen (secondary N) is 1. The van der Waals surface area contributed by atoms with Crippen molar-refractivity contribution in [2.24, 2.45) is 0 Å². The Balaban J connectivity index is 1.52. The van der Waals surface area contributed by atoms with Crippen LogP contribution in [0.2, 0.25) is 0 Å². The van der Waals surface area contributed by atoms with E-state index in [0.29, 0.717) is 30.3 Å². The molecule has 7 heteroatoms. The van der Waals surface area contributed by atoms with E-state index >= 15 is 0 Å². The number of hydrogen-bond acceptors (Lipinski definition) is 5. The van der Waals surface area contributed by atoms with Gasteiger partial charge in [0.15, 0.2) is 0 Å². The topological polar surface area (TPSA) is 71.0 Å². The predicted octanol–water partition coefficient (Wildman–Crippen LogP) is 4.39. The summed E-state index contributed by atoms with van der Waals surface area (Å²) in [6.07, 6.45) is 3.60. The molecule has 1 atom stereocenters. The second kappa shape index (κ2) is 8.57. The van der Waals surface area contributed by atoms with Crippen LogP contribution in [0.1, 0.15) is 46.2 Å². The summed E-state index contributed by atoms with van der Waals surface area (Å²) in [5, 5.41) is 3.25. The molecule has 1 aliphatic rings. The molecular formula is C23H24FN5O. The van der Waals surface area contributed by atoms with Gasteiger partial charge in [0, 0.05) is 36.8 Å². The molecule has 3 aromatic rings. The second-order valence-corrected chi connectivity index (χ2v) is 7.67. The number of pyridine rings is 1. The number of aromatic nitrogens is 3. The number of amides is 1. The highest BCUT2D eigenvalue weighted by molar-refractivity contribution is 5.94. The lowest BCUT2D eigenvalue weighted by molar-refractivity contribution is 0.0706. The molecule has 1 N–H and O–H groups in total. The maximum atomic E-state index is 13.2.